The minimum Gasteiger partial charge on any atom is -0.321 e. The average molecular weight is 180 g/mol. The van der Waals surface area contributed by atoms with Crippen LogP contribution in [-0.2, 0) is 0 Å². The van der Waals surface area contributed by atoms with Crippen molar-refractivity contribution in [2.45, 2.75) is 38.6 Å². The second-order valence-corrected chi connectivity index (χ2v) is 4.12. The van der Waals surface area contributed by atoms with Gasteiger partial charge in [0.05, 0.1) is 6.04 Å². The first-order valence-corrected chi connectivity index (χ1v) is 4.86. The number of hydrogen-bond donors (Lipinski definition) is 2. The molecule has 0 saturated heterocycles. The van der Waals surface area contributed by atoms with E-state index in [1.54, 1.807) is 0 Å². The molecule has 0 radical (unpaired) electrons. The Morgan fingerprint density at radius 2 is 2.15 bits per heavy atom. The molecule has 4 heteroatoms. The normalized spacial score (nSPS) is 19.4. The number of hydrogen-bond acceptors (Lipinski definition) is 3. The van der Waals surface area contributed by atoms with Gasteiger partial charge in [0.25, 0.3) is 0 Å². The predicted molar refractivity (Wildman–Crippen MR) is 50.1 cm³/mol. The molecule has 1 fully saturated rings. The highest BCUT2D eigenvalue weighted by Crippen LogP contribution is 2.38. The second kappa shape index (κ2) is 3.10. The smallest absolute Gasteiger partial charge is 0.167 e. The quantitative estimate of drug-likeness (QED) is 0.737. The van der Waals surface area contributed by atoms with E-state index in [0.717, 1.165) is 11.6 Å². The fraction of sp³-hybridized carbons (Fsp3) is 0.778. The lowest BCUT2D eigenvalue weighted by Crippen LogP contribution is -2.18. The van der Waals surface area contributed by atoms with Gasteiger partial charge in [0.15, 0.2) is 5.82 Å². The number of aromatic nitrogens is 3. The number of nitrogens with one attached hydrogen (secondary N) is 1. The number of H-pyrrole nitrogens is 1. The Morgan fingerprint density at radius 1 is 1.46 bits per heavy atom. The van der Waals surface area contributed by atoms with Crippen molar-refractivity contribution < 1.29 is 0 Å². The van der Waals surface area contributed by atoms with Crippen molar-refractivity contribution in [3.8, 4) is 0 Å². The summed E-state index contributed by atoms with van der Waals surface area (Å²) < 4.78 is 0. The highest BCUT2D eigenvalue weighted by Gasteiger charge is 2.28. The lowest BCUT2D eigenvalue weighted by atomic mass is 10.1. The highest BCUT2D eigenvalue weighted by atomic mass is 15.2. The van der Waals surface area contributed by atoms with Gasteiger partial charge in [-0.3, -0.25) is 5.10 Å². The van der Waals surface area contributed by atoms with Gasteiger partial charge in [-0.25, -0.2) is 4.98 Å². The van der Waals surface area contributed by atoms with Gasteiger partial charge in [0.2, 0.25) is 0 Å². The van der Waals surface area contributed by atoms with Gasteiger partial charge in [0.1, 0.15) is 5.82 Å². The Labute approximate surface area is 77.9 Å². The fourth-order valence-corrected chi connectivity index (χ4v) is 1.27. The summed E-state index contributed by atoms with van der Waals surface area (Å²) in [6, 6.07) is -0.0382. The van der Waals surface area contributed by atoms with Crippen LogP contribution in [0.5, 0.6) is 0 Å². The van der Waals surface area contributed by atoms with Crippen LogP contribution in [0.15, 0.2) is 0 Å². The Hall–Kier alpha value is -0.900. The van der Waals surface area contributed by atoms with Crippen molar-refractivity contribution in [3.05, 3.63) is 11.6 Å². The summed E-state index contributed by atoms with van der Waals surface area (Å²) in [5, 5.41) is 7.10. The van der Waals surface area contributed by atoms with Crippen LogP contribution >= 0.6 is 0 Å². The van der Waals surface area contributed by atoms with Gasteiger partial charge >= 0.3 is 0 Å². The van der Waals surface area contributed by atoms with E-state index in [0.29, 0.717) is 11.8 Å². The molecular formula is C9H16N4. The largest absolute Gasteiger partial charge is 0.321 e. The molecule has 0 aromatic carbocycles. The molecule has 72 valence electrons. The molecule has 1 aliphatic carbocycles. The summed E-state index contributed by atoms with van der Waals surface area (Å²) >= 11 is 0. The monoisotopic (exact) mass is 180 g/mol. The van der Waals surface area contributed by atoms with Crippen molar-refractivity contribution in [3.63, 3.8) is 0 Å². The van der Waals surface area contributed by atoms with Gasteiger partial charge in [-0.05, 0) is 18.8 Å². The van der Waals surface area contributed by atoms with Crippen LogP contribution < -0.4 is 5.73 Å². The molecule has 0 spiro atoms. The Bertz CT molecular complexity index is 288. The molecular weight excluding hydrogens is 164 g/mol. The molecule has 1 aromatic rings. The zero-order valence-electron chi connectivity index (χ0n) is 8.12. The van der Waals surface area contributed by atoms with Crippen molar-refractivity contribution in [1.29, 1.82) is 0 Å². The van der Waals surface area contributed by atoms with E-state index in [9.17, 15) is 0 Å². The zero-order valence-corrected chi connectivity index (χ0v) is 8.12. The number of aromatic amines is 1. The van der Waals surface area contributed by atoms with E-state index in [1.165, 1.54) is 12.8 Å². The van der Waals surface area contributed by atoms with Crippen molar-refractivity contribution in [2.75, 3.05) is 0 Å². The summed E-state index contributed by atoms with van der Waals surface area (Å²) in [6.07, 6.45) is 2.48. The van der Waals surface area contributed by atoms with Crippen molar-refractivity contribution in [2.24, 2.45) is 11.7 Å². The molecule has 1 aliphatic rings. The van der Waals surface area contributed by atoms with Gasteiger partial charge < -0.3 is 5.73 Å². The van der Waals surface area contributed by atoms with Crippen molar-refractivity contribution in [1.82, 2.24) is 15.2 Å². The summed E-state index contributed by atoms with van der Waals surface area (Å²) in [7, 11) is 0. The Balaban J connectivity index is 2.11. The third-order valence-corrected chi connectivity index (χ3v) is 2.50. The van der Waals surface area contributed by atoms with Crippen LogP contribution in [0.1, 0.15) is 50.3 Å². The molecule has 2 rings (SSSR count). The molecule has 1 saturated carbocycles. The predicted octanol–water partition coefficient (Wildman–Crippen LogP) is 1.34. The molecule has 0 amide bonds. The average Bonchev–Trinajstić information content (AvgIpc) is 2.83. The summed E-state index contributed by atoms with van der Waals surface area (Å²) in [6.45, 7) is 4.16. The molecule has 3 N–H and O–H groups in total. The fourth-order valence-electron chi connectivity index (χ4n) is 1.27. The van der Waals surface area contributed by atoms with Crippen LogP contribution in [0.2, 0.25) is 0 Å². The molecule has 4 nitrogen and oxygen atoms in total. The number of rotatable bonds is 3. The van der Waals surface area contributed by atoms with Crippen LogP contribution in [0.3, 0.4) is 0 Å². The Kier molecular flexibility index (Phi) is 2.07. The third kappa shape index (κ3) is 1.72. The van der Waals surface area contributed by atoms with Gasteiger partial charge in [-0.2, -0.15) is 5.10 Å². The van der Waals surface area contributed by atoms with Crippen LogP contribution in [-0.4, -0.2) is 15.2 Å². The van der Waals surface area contributed by atoms with Crippen molar-refractivity contribution >= 4 is 0 Å². The second-order valence-electron chi connectivity index (χ2n) is 4.12. The molecule has 1 atom stereocenters. The Morgan fingerprint density at radius 3 is 2.69 bits per heavy atom. The van der Waals surface area contributed by atoms with Crippen LogP contribution in [0.4, 0.5) is 0 Å². The van der Waals surface area contributed by atoms with E-state index in [1.807, 2.05) is 0 Å². The minimum atomic E-state index is -0.0382. The standard InChI is InChI=1S/C9H16N4/c1-5(2)7(10)9-11-8(12-13-9)6-3-4-6/h5-7H,3-4,10H2,1-2H3,(H,11,12,13)/t7-/m1/s1. The van der Waals surface area contributed by atoms with Crippen LogP contribution in [0, 0.1) is 5.92 Å². The summed E-state index contributed by atoms with van der Waals surface area (Å²) in [5.74, 6) is 2.80. The van der Waals surface area contributed by atoms with Crippen LogP contribution in [0.25, 0.3) is 0 Å². The molecule has 0 unspecified atom stereocenters. The first-order valence-electron chi connectivity index (χ1n) is 4.86. The molecule has 0 bridgehead atoms. The maximum Gasteiger partial charge on any atom is 0.167 e. The molecule has 1 heterocycles. The molecule has 13 heavy (non-hydrogen) atoms. The lowest BCUT2D eigenvalue weighted by molar-refractivity contribution is 0.491. The molecule has 0 aliphatic heterocycles. The first-order chi connectivity index (χ1) is 6.18. The molecule has 1 aromatic heterocycles. The van der Waals surface area contributed by atoms with E-state index in [2.05, 4.69) is 29.0 Å². The van der Waals surface area contributed by atoms with E-state index in [4.69, 9.17) is 5.73 Å². The van der Waals surface area contributed by atoms with E-state index >= 15 is 0 Å². The van der Waals surface area contributed by atoms with E-state index < -0.39 is 0 Å². The number of nitrogens with two attached hydrogens (primary N) is 1. The topological polar surface area (TPSA) is 67.6 Å². The van der Waals surface area contributed by atoms with Gasteiger partial charge in [0, 0.05) is 5.92 Å². The summed E-state index contributed by atoms with van der Waals surface area (Å²) in [5.41, 5.74) is 5.93. The minimum absolute atomic E-state index is 0.0382. The maximum absolute atomic E-state index is 5.93. The maximum atomic E-state index is 5.93. The summed E-state index contributed by atoms with van der Waals surface area (Å²) in [4.78, 5) is 4.40. The van der Waals surface area contributed by atoms with Gasteiger partial charge in [-0.15, -0.1) is 0 Å². The van der Waals surface area contributed by atoms with E-state index in [-0.39, 0.29) is 6.04 Å². The first kappa shape index (κ1) is 8.69. The lowest BCUT2D eigenvalue weighted by Gasteiger charge is -2.10. The highest BCUT2D eigenvalue weighted by molar-refractivity contribution is 5.06. The SMILES string of the molecule is CC(C)[C@@H](N)c1n[nH]c(C2CC2)n1. The van der Waals surface area contributed by atoms with Gasteiger partial charge in [-0.1, -0.05) is 13.8 Å². The zero-order chi connectivity index (χ0) is 9.42. The number of nitrogens with zero attached hydrogens (tertiary/aromatic N) is 2. The third-order valence-electron chi connectivity index (χ3n) is 2.50.